The zero-order valence-electron chi connectivity index (χ0n) is 12.6. The summed E-state index contributed by atoms with van der Waals surface area (Å²) in [6.45, 7) is 1.13. The first-order valence-electron chi connectivity index (χ1n) is 7.14. The molecule has 2 N–H and O–H groups in total. The van der Waals surface area contributed by atoms with Crippen LogP contribution in [0.2, 0.25) is 5.02 Å². The third kappa shape index (κ3) is 3.64. The van der Waals surface area contributed by atoms with Gasteiger partial charge in [-0.25, -0.2) is 4.98 Å². The maximum atomic E-state index is 12.7. The van der Waals surface area contributed by atoms with Crippen LogP contribution in [0.1, 0.15) is 12.1 Å². The van der Waals surface area contributed by atoms with Gasteiger partial charge in [0.2, 0.25) is 5.95 Å². The number of aromatic nitrogens is 4. The van der Waals surface area contributed by atoms with E-state index in [0.29, 0.717) is 29.5 Å². The summed E-state index contributed by atoms with van der Waals surface area (Å²) in [7, 11) is 0. The highest BCUT2D eigenvalue weighted by molar-refractivity contribution is 6.32. The van der Waals surface area contributed by atoms with Crippen LogP contribution >= 0.6 is 11.6 Å². The van der Waals surface area contributed by atoms with E-state index in [2.05, 4.69) is 25.7 Å². The van der Waals surface area contributed by atoms with Gasteiger partial charge < -0.3 is 15.4 Å². The molecule has 0 saturated carbocycles. The summed E-state index contributed by atoms with van der Waals surface area (Å²) in [6, 6.07) is 0. The maximum Gasteiger partial charge on any atom is 0.408 e. The predicted octanol–water partition coefficient (Wildman–Crippen LogP) is 3.14. The monoisotopic (exact) mass is 362 g/mol. The molecule has 2 aromatic heterocycles. The van der Waals surface area contributed by atoms with E-state index in [4.69, 9.17) is 16.3 Å². The van der Waals surface area contributed by atoms with Crippen LogP contribution in [0, 0.1) is 6.92 Å². The molecule has 11 heteroatoms. The fourth-order valence-corrected chi connectivity index (χ4v) is 2.36. The summed E-state index contributed by atoms with van der Waals surface area (Å²) in [5.74, 6) is 0.708. The van der Waals surface area contributed by atoms with Crippen molar-refractivity contribution >= 4 is 29.1 Å². The Morgan fingerprint density at radius 2 is 2.21 bits per heavy atom. The van der Waals surface area contributed by atoms with Gasteiger partial charge in [0.15, 0.2) is 5.82 Å². The minimum atomic E-state index is -4.38. The molecule has 0 saturated heterocycles. The molecule has 1 aliphatic rings. The van der Waals surface area contributed by atoms with E-state index in [-0.39, 0.29) is 24.1 Å². The molecule has 0 radical (unpaired) electrons. The summed E-state index contributed by atoms with van der Waals surface area (Å²) in [5.41, 5.74) is 0.573. The molecule has 0 spiro atoms. The predicted molar refractivity (Wildman–Crippen MR) is 81.9 cm³/mol. The first-order valence-corrected chi connectivity index (χ1v) is 7.51. The molecule has 0 aliphatic carbocycles. The van der Waals surface area contributed by atoms with Gasteiger partial charge in [0.05, 0.1) is 18.5 Å². The highest BCUT2D eigenvalue weighted by Gasteiger charge is 2.31. The number of ether oxygens (including phenoxy) is 1. The fourth-order valence-electron chi connectivity index (χ4n) is 2.20. The van der Waals surface area contributed by atoms with Gasteiger partial charge in [0.1, 0.15) is 17.3 Å². The molecule has 24 heavy (non-hydrogen) atoms. The zero-order valence-corrected chi connectivity index (χ0v) is 13.4. The van der Waals surface area contributed by atoms with Crippen LogP contribution in [-0.2, 0) is 6.54 Å². The summed E-state index contributed by atoms with van der Waals surface area (Å²) in [5, 5.41) is 10.2. The topological polar surface area (TPSA) is 76.9 Å². The van der Waals surface area contributed by atoms with Gasteiger partial charge in [-0.3, -0.25) is 4.68 Å². The molecule has 0 amide bonds. The normalized spacial score (nSPS) is 14.7. The van der Waals surface area contributed by atoms with E-state index >= 15 is 0 Å². The number of rotatable bonds is 1. The van der Waals surface area contributed by atoms with E-state index in [1.54, 1.807) is 0 Å². The molecule has 7 nitrogen and oxygen atoms in total. The number of hydrogen-bond acceptors (Lipinski definition) is 6. The maximum absolute atomic E-state index is 12.7. The second-order valence-electron chi connectivity index (χ2n) is 5.18. The molecule has 0 unspecified atom stereocenters. The third-order valence-electron chi connectivity index (χ3n) is 3.34. The Balaban J connectivity index is 2.00. The number of hydrogen-bond donors (Lipinski definition) is 2. The van der Waals surface area contributed by atoms with Crippen LogP contribution < -0.4 is 15.4 Å². The van der Waals surface area contributed by atoms with Crippen molar-refractivity contribution in [2.24, 2.45) is 0 Å². The Kier molecular flexibility index (Phi) is 4.39. The summed E-state index contributed by atoms with van der Waals surface area (Å²) < 4.78 is 44.4. The number of anilines is 3. The number of halogens is 4. The van der Waals surface area contributed by atoms with Crippen molar-refractivity contribution in [1.29, 1.82) is 0 Å². The van der Waals surface area contributed by atoms with Crippen LogP contribution in [-0.4, -0.2) is 39.1 Å². The fraction of sp³-hybridized carbons (Fsp3) is 0.462. The molecule has 2 aromatic rings. The SMILES string of the molecule is Cc1c2c(nn1CC(F)(F)F)OCCCNc1nc(ncc1Cl)N2. The molecular weight excluding hydrogens is 349 g/mol. The summed E-state index contributed by atoms with van der Waals surface area (Å²) in [4.78, 5) is 8.25. The van der Waals surface area contributed by atoms with Crippen molar-refractivity contribution in [3.8, 4) is 5.88 Å². The average Bonchev–Trinajstić information content (AvgIpc) is 2.75. The van der Waals surface area contributed by atoms with E-state index in [9.17, 15) is 13.2 Å². The van der Waals surface area contributed by atoms with Crippen molar-refractivity contribution in [3.63, 3.8) is 0 Å². The number of alkyl halides is 3. The molecule has 130 valence electrons. The van der Waals surface area contributed by atoms with Crippen molar-refractivity contribution in [2.75, 3.05) is 23.8 Å². The standard InChI is InChI=1S/C13H14ClF3N6O/c1-7-9-11(22-23(7)6-13(15,16)17)24-4-2-3-18-10-8(14)5-19-12(20-9)21-10/h5H,2-4,6H2,1H3,(H2,18,19,20,21). The van der Waals surface area contributed by atoms with Gasteiger partial charge in [0.25, 0.3) is 5.88 Å². The molecule has 0 aromatic carbocycles. The van der Waals surface area contributed by atoms with Crippen molar-refractivity contribution in [1.82, 2.24) is 19.7 Å². The summed E-state index contributed by atoms with van der Waals surface area (Å²) >= 11 is 6.01. The number of fused-ring (bicyclic) bond motifs is 3. The number of nitrogens with one attached hydrogen (secondary N) is 2. The molecular formula is C13H14ClF3N6O. The second-order valence-corrected chi connectivity index (χ2v) is 5.59. The molecule has 3 rings (SSSR count). The third-order valence-corrected chi connectivity index (χ3v) is 3.61. The quantitative estimate of drug-likeness (QED) is 0.811. The van der Waals surface area contributed by atoms with E-state index in [1.807, 2.05) is 0 Å². The lowest BCUT2D eigenvalue weighted by Crippen LogP contribution is -2.19. The van der Waals surface area contributed by atoms with Gasteiger partial charge in [-0.05, 0) is 13.3 Å². The average molecular weight is 363 g/mol. The Hall–Kier alpha value is -2.23. The second kappa shape index (κ2) is 6.34. The first-order chi connectivity index (χ1) is 11.3. The highest BCUT2D eigenvalue weighted by atomic mass is 35.5. The van der Waals surface area contributed by atoms with Crippen molar-refractivity contribution in [2.45, 2.75) is 26.1 Å². The molecule has 2 bridgehead atoms. The van der Waals surface area contributed by atoms with Gasteiger partial charge in [-0.1, -0.05) is 11.6 Å². The minimum absolute atomic E-state index is 0.0822. The number of nitrogens with zero attached hydrogens (tertiary/aromatic N) is 4. The van der Waals surface area contributed by atoms with E-state index < -0.39 is 12.7 Å². The lowest BCUT2D eigenvalue weighted by molar-refractivity contribution is -0.143. The largest absolute Gasteiger partial charge is 0.475 e. The van der Waals surface area contributed by atoms with Crippen LogP contribution in [0.25, 0.3) is 0 Å². The minimum Gasteiger partial charge on any atom is -0.475 e. The van der Waals surface area contributed by atoms with Crippen LogP contribution in [0.5, 0.6) is 5.88 Å². The smallest absolute Gasteiger partial charge is 0.408 e. The van der Waals surface area contributed by atoms with E-state index in [0.717, 1.165) is 4.68 Å². The molecule has 0 atom stereocenters. The molecule has 1 aliphatic heterocycles. The molecule has 0 fully saturated rings. The highest BCUT2D eigenvalue weighted by Crippen LogP contribution is 2.32. The van der Waals surface area contributed by atoms with Crippen LogP contribution in [0.3, 0.4) is 0 Å². The van der Waals surface area contributed by atoms with Gasteiger partial charge in [-0.15, -0.1) is 5.10 Å². The zero-order chi connectivity index (χ0) is 17.3. The Bertz CT molecular complexity index is 748. The van der Waals surface area contributed by atoms with Crippen LogP contribution in [0.4, 0.5) is 30.6 Å². The lowest BCUT2D eigenvalue weighted by Gasteiger charge is -2.10. The lowest BCUT2D eigenvalue weighted by atomic mass is 10.3. The Labute approximate surface area is 140 Å². The Morgan fingerprint density at radius 1 is 1.42 bits per heavy atom. The van der Waals surface area contributed by atoms with Gasteiger partial charge in [-0.2, -0.15) is 18.2 Å². The first kappa shape index (κ1) is 16.6. The van der Waals surface area contributed by atoms with Crippen LogP contribution in [0.15, 0.2) is 6.20 Å². The van der Waals surface area contributed by atoms with Gasteiger partial charge >= 0.3 is 6.18 Å². The van der Waals surface area contributed by atoms with Crippen molar-refractivity contribution in [3.05, 3.63) is 16.9 Å². The van der Waals surface area contributed by atoms with Crippen molar-refractivity contribution < 1.29 is 17.9 Å². The van der Waals surface area contributed by atoms with E-state index in [1.165, 1.54) is 13.1 Å². The molecule has 3 heterocycles. The summed E-state index contributed by atoms with van der Waals surface area (Å²) in [6.07, 6.45) is -2.38. The van der Waals surface area contributed by atoms with Gasteiger partial charge in [0, 0.05) is 6.54 Å². The Morgan fingerprint density at radius 3 is 2.96 bits per heavy atom.